The zero-order valence-electron chi connectivity index (χ0n) is 18.2. The molecule has 1 saturated heterocycles. The van der Waals surface area contributed by atoms with E-state index in [0.29, 0.717) is 11.7 Å². The lowest BCUT2D eigenvalue weighted by molar-refractivity contribution is 0.468. The molecule has 1 fully saturated rings. The Kier molecular flexibility index (Phi) is 4.23. The summed E-state index contributed by atoms with van der Waals surface area (Å²) in [5, 5.41) is 18.1. The second-order valence-corrected chi connectivity index (χ2v) is 9.18. The summed E-state index contributed by atoms with van der Waals surface area (Å²) in [6.45, 7) is 12.5. The van der Waals surface area contributed by atoms with Crippen LogP contribution < -0.4 is 4.90 Å². The highest BCUT2D eigenvalue weighted by atomic mass is 15.4. The van der Waals surface area contributed by atoms with E-state index in [4.69, 9.17) is 5.10 Å². The third-order valence-electron chi connectivity index (χ3n) is 6.09. The minimum Gasteiger partial charge on any atom is -0.356 e. The van der Waals surface area contributed by atoms with Gasteiger partial charge in [-0.05, 0) is 38.8 Å². The molecule has 5 rings (SSSR count). The Morgan fingerprint density at radius 1 is 1.00 bits per heavy atom. The smallest absolute Gasteiger partial charge is 0.254 e. The Hall–Kier alpha value is -3.10. The van der Waals surface area contributed by atoms with E-state index in [9.17, 15) is 0 Å². The number of nitrogens with zero attached hydrogens (tertiary/aromatic N) is 9. The van der Waals surface area contributed by atoms with Gasteiger partial charge in [-0.2, -0.15) is 24.2 Å². The SMILES string of the molecule is Cc1nc2ncnn2c(N2CCC(c3nnc4ccc(C(C)(C)C)nn34)CC2)c1C. The van der Waals surface area contributed by atoms with Crippen molar-refractivity contribution in [2.45, 2.75) is 58.8 Å². The van der Waals surface area contributed by atoms with Crippen LogP contribution in [0.4, 0.5) is 5.82 Å². The highest BCUT2D eigenvalue weighted by molar-refractivity contribution is 5.54. The first-order chi connectivity index (χ1) is 14.3. The number of fused-ring (bicyclic) bond motifs is 2. The van der Waals surface area contributed by atoms with Gasteiger partial charge in [-0.1, -0.05) is 20.8 Å². The van der Waals surface area contributed by atoms with Gasteiger partial charge in [0, 0.05) is 35.7 Å². The first-order valence-electron chi connectivity index (χ1n) is 10.5. The van der Waals surface area contributed by atoms with Crippen molar-refractivity contribution in [3.63, 3.8) is 0 Å². The van der Waals surface area contributed by atoms with Crippen molar-refractivity contribution in [2.75, 3.05) is 18.0 Å². The van der Waals surface area contributed by atoms with Crippen LogP contribution in [-0.4, -0.2) is 52.5 Å². The van der Waals surface area contributed by atoms with Crippen LogP contribution in [0.25, 0.3) is 11.4 Å². The van der Waals surface area contributed by atoms with Gasteiger partial charge in [0.05, 0.1) is 5.69 Å². The van der Waals surface area contributed by atoms with Crippen molar-refractivity contribution < 1.29 is 0 Å². The van der Waals surface area contributed by atoms with Crippen LogP contribution in [0.2, 0.25) is 0 Å². The molecule has 9 heteroatoms. The average Bonchev–Trinajstić information content (AvgIpc) is 3.34. The van der Waals surface area contributed by atoms with Gasteiger partial charge in [0.25, 0.3) is 5.78 Å². The first-order valence-corrected chi connectivity index (χ1v) is 10.5. The molecule has 0 aromatic carbocycles. The van der Waals surface area contributed by atoms with Crippen LogP contribution in [0.1, 0.15) is 62.3 Å². The predicted molar refractivity (Wildman–Crippen MR) is 114 cm³/mol. The minimum atomic E-state index is -0.0149. The Morgan fingerprint density at radius 3 is 2.50 bits per heavy atom. The van der Waals surface area contributed by atoms with E-state index in [2.05, 4.69) is 57.9 Å². The molecule has 0 N–H and O–H groups in total. The quantitative estimate of drug-likeness (QED) is 0.506. The van der Waals surface area contributed by atoms with Crippen molar-refractivity contribution in [1.29, 1.82) is 0 Å². The van der Waals surface area contributed by atoms with Gasteiger partial charge in [-0.3, -0.25) is 0 Å². The third-order valence-corrected chi connectivity index (χ3v) is 6.09. The number of rotatable bonds is 2. The molecular formula is C21H27N9. The van der Waals surface area contributed by atoms with E-state index < -0.39 is 0 Å². The summed E-state index contributed by atoms with van der Waals surface area (Å²) < 4.78 is 3.80. The van der Waals surface area contributed by atoms with Crippen molar-refractivity contribution in [1.82, 2.24) is 39.4 Å². The predicted octanol–water partition coefficient (Wildman–Crippen LogP) is 2.86. The van der Waals surface area contributed by atoms with Crippen LogP contribution in [0.15, 0.2) is 18.5 Å². The third kappa shape index (κ3) is 3.00. The van der Waals surface area contributed by atoms with Gasteiger partial charge in [-0.25, -0.2) is 4.98 Å². The van der Waals surface area contributed by atoms with Crippen LogP contribution in [-0.2, 0) is 5.41 Å². The molecule has 9 nitrogen and oxygen atoms in total. The topological polar surface area (TPSA) is 89.4 Å². The zero-order chi connectivity index (χ0) is 21.0. The van der Waals surface area contributed by atoms with Gasteiger partial charge >= 0.3 is 0 Å². The van der Waals surface area contributed by atoms with E-state index in [0.717, 1.165) is 60.2 Å². The fourth-order valence-electron chi connectivity index (χ4n) is 4.20. The number of hydrogen-bond donors (Lipinski definition) is 0. The van der Waals surface area contributed by atoms with Crippen LogP contribution >= 0.6 is 0 Å². The number of piperidine rings is 1. The summed E-state index contributed by atoms with van der Waals surface area (Å²) in [7, 11) is 0. The molecule has 0 aliphatic carbocycles. The van der Waals surface area contributed by atoms with Gasteiger partial charge in [0.1, 0.15) is 12.1 Å². The molecule has 1 aliphatic rings. The standard InChI is InChI=1S/C21H27N9/c1-13-14(2)24-20-22-12-23-30(20)19(13)28-10-8-15(9-11-28)18-26-25-17-7-6-16(21(3,4)5)27-29(17)18/h6-7,12,15H,8-11H2,1-5H3. The minimum absolute atomic E-state index is 0.0149. The number of anilines is 1. The molecule has 30 heavy (non-hydrogen) atoms. The van der Waals surface area contributed by atoms with Gasteiger partial charge in [0.15, 0.2) is 11.5 Å². The molecule has 5 heterocycles. The molecule has 4 aromatic rings. The maximum absolute atomic E-state index is 4.87. The molecule has 156 valence electrons. The maximum atomic E-state index is 4.87. The van der Waals surface area contributed by atoms with Gasteiger partial charge in [-0.15, -0.1) is 10.2 Å². The Labute approximate surface area is 175 Å². The van der Waals surface area contributed by atoms with Crippen LogP contribution in [0, 0.1) is 13.8 Å². The van der Waals surface area contributed by atoms with E-state index in [1.165, 1.54) is 0 Å². The normalized spacial score (nSPS) is 16.1. The lowest BCUT2D eigenvalue weighted by atomic mass is 9.92. The highest BCUT2D eigenvalue weighted by Gasteiger charge is 2.28. The fraction of sp³-hybridized carbons (Fsp3) is 0.524. The largest absolute Gasteiger partial charge is 0.356 e. The zero-order valence-corrected chi connectivity index (χ0v) is 18.2. The molecule has 0 atom stereocenters. The summed E-state index contributed by atoms with van der Waals surface area (Å²) in [5.74, 6) is 3.03. The second-order valence-electron chi connectivity index (χ2n) is 9.18. The van der Waals surface area contributed by atoms with Crippen molar-refractivity contribution in [3.05, 3.63) is 41.2 Å². The monoisotopic (exact) mass is 405 g/mol. The Bertz CT molecular complexity index is 1220. The van der Waals surface area contributed by atoms with E-state index in [-0.39, 0.29) is 5.41 Å². The fourth-order valence-corrected chi connectivity index (χ4v) is 4.20. The van der Waals surface area contributed by atoms with Crippen LogP contribution in [0.3, 0.4) is 0 Å². The number of hydrogen-bond acceptors (Lipinski definition) is 7. The number of aryl methyl sites for hydroxylation is 1. The van der Waals surface area contributed by atoms with Crippen molar-refractivity contribution in [3.8, 4) is 0 Å². The summed E-state index contributed by atoms with van der Waals surface area (Å²) in [6, 6.07) is 4.07. The van der Waals surface area contributed by atoms with Gasteiger partial charge < -0.3 is 4.90 Å². The van der Waals surface area contributed by atoms with E-state index >= 15 is 0 Å². The molecule has 0 amide bonds. The summed E-state index contributed by atoms with van der Waals surface area (Å²) in [5.41, 5.74) is 3.99. The lowest BCUT2D eigenvalue weighted by Crippen LogP contribution is -2.35. The van der Waals surface area contributed by atoms with Crippen molar-refractivity contribution in [2.24, 2.45) is 0 Å². The molecule has 0 spiro atoms. The first kappa shape index (κ1) is 18.9. The maximum Gasteiger partial charge on any atom is 0.254 e. The molecular weight excluding hydrogens is 378 g/mol. The van der Waals surface area contributed by atoms with Crippen molar-refractivity contribution >= 4 is 17.2 Å². The Morgan fingerprint density at radius 2 is 1.77 bits per heavy atom. The van der Waals surface area contributed by atoms with E-state index in [1.807, 2.05) is 28.1 Å². The molecule has 0 saturated carbocycles. The van der Waals surface area contributed by atoms with Crippen LogP contribution in [0.5, 0.6) is 0 Å². The summed E-state index contributed by atoms with van der Waals surface area (Å²) in [6.07, 6.45) is 3.54. The summed E-state index contributed by atoms with van der Waals surface area (Å²) in [4.78, 5) is 11.2. The van der Waals surface area contributed by atoms with E-state index in [1.54, 1.807) is 6.33 Å². The molecule has 0 bridgehead atoms. The average molecular weight is 406 g/mol. The Balaban J connectivity index is 1.43. The highest BCUT2D eigenvalue weighted by Crippen LogP contribution is 2.32. The van der Waals surface area contributed by atoms with Gasteiger partial charge in [0.2, 0.25) is 0 Å². The summed E-state index contributed by atoms with van der Waals surface area (Å²) >= 11 is 0. The molecule has 4 aromatic heterocycles. The molecule has 0 unspecified atom stereocenters. The number of aromatic nitrogens is 8. The second kappa shape index (κ2) is 6.72. The molecule has 0 radical (unpaired) electrons. The molecule has 1 aliphatic heterocycles. The lowest BCUT2D eigenvalue weighted by Gasteiger charge is -2.33.